The van der Waals surface area contributed by atoms with Crippen LogP contribution in [0.4, 0.5) is 17.1 Å². The second-order valence-corrected chi connectivity index (χ2v) is 17.3. The first-order valence-corrected chi connectivity index (χ1v) is 22.9. The van der Waals surface area contributed by atoms with Gasteiger partial charge in [0.15, 0.2) is 0 Å². The number of para-hydroxylation sites is 2. The molecule has 0 N–H and O–H groups in total. The van der Waals surface area contributed by atoms with Gasteiger partial charge in [-0.15, -0.1) is 0 Å². The summed E-state index contributed by atoms with van der Waals surface area (Å²) in [5, 5.41) is 7.06. The molecular weight excluding hydrogens is 813 g/mol. The SMILES string of the molecule is c1ccc(-c2cc(-c3ccccc3)cc(N(c3ccc(-c4cccc(-n5c6ccccc6c6ccccc65)c4)cc3)c3cccc(-c4ccc5oc6c7ccccc7ccc6c5c4)c3)c2)cc1. The molecule has 0 unspecified atom stereocenters. The molecule has 0 bridgehead atoms. The maximum absolute atomic E-state index is 6.52. The highest BCUT2D eigenvalue weighted by molar-refractivity contribution is 6.15. The highest BCUT2D eigenvalue weighted by Gasteiger charge is 2.19. The van der Waals surface area contributed by atoms with Gasteiger partial charge in [0.2, 0.25) is 0 Å². The monoisotopic (exact) mass is 854 g/mol. The van der Waals surface area contributed by atoms with E-state index >= 15 is 0 Å². The summed E-state index contributed by atoms with van der Waals surface area (Å²) in [5.41, 5.74) is 17.8. The first-order chi connectivity index (χ1) is 33.2. The van der Waals surface area contributed by atoms with E-state index in [0.29, 0.717) is 0 Å². The molecule has 0 atom stereocenters. The number of aromatic nitrogens is 1. The predicted molar refractivity (Wildman–Crippen MR) is 282 cm³/mol. The highest BCUT2D eigenvalue weighted by atomic mass is 16.3. The molecule has 0 radical (unpaired) electrons. The van der Waals surface area contributed by atoms with Gasteiger partial charge in [0, 0.05) is 49.7 Å². The minimum absolute atomic E-state index is 0.889. The van der Waals surface area contributed by atoms with Gasteiger partial charge in [-0.2, -0.15) is 0 Å². The number of furan rings is 1. The van der Waals surface area contributed by atoms with Crippen molar-refractivity contribution in [1.29, 1.82) is 0 Å². The lowest BCUT2D eigenvalue weighted by molar-refractivity contribution is 0.672. The van der Waals surface area contributed by atoms with E-state index in [9.17, 15) is 0 Å². The van der Waals surface area contributed by atoms with Gasteiger partial charge in [0.1, 0.15) is 11.2 Å². The summed E-state index contributed by atoms with van der Waals surface area (Å²) >= 11 is 0. The second kappa shape index (κ2) is 16.0. The zero-order valence-corrected chi connectivity index (χ0v) is 36.6. The molecule has 0 fully saturated rings. The summed E-state index contributed by atoms with van der Waals surface area (Å²) in [7, 11) is 0. The third kappa shape index (κ3) is 6.76. The zero-order valence-electron chi connectivity index (χ0n) is 36.6. The number of nitrogens with zero attached hydrogens (tertiary/aromatic N) is 2. The second-order valence-electron chi connectivity index (χ2n) is 17.3. The van der Waals surface area contributed by atoms with Gasteiger partial charge in [0.05, 0.1) is 11.0 Å². The van der Waals surface area contributed by atoms with Crippen molar-refractivity contribution >= 4 is 71.6 Å². The van der Waals surface area contributed by atoms with Crippen LogP contribution in [0.1, 0.15) is 0 Å². The smallest absolute Gasteiger partial charge is 0.143 e. The molecule has 0 aliphatic carbocycles. The summed E-state index contributed by atoms with van der Waals surface area (Å²) < 4.78 is 8.91. The Kier molecular flexibility index (Phi) is 9.17. The Morgan fingerprint density at radius 1 is 0.284 bits per heavy atom. The average molecular weight is 855 g/mol. The Morgan fingerprint density at radius 2 is 0.821 bits per heavy atom. The van der Waals surface area contributed by atoms with Gasteiger partial charge < -0.3 is 13.9 Å². The summed E-state index contributed by atoms with van der Waals surface area (Å²) in [5.74, 6) is 0. The van der Waals surface area contributed by atoms with Crippen LogP contribution in [-0.2, 0) is 0 Å². The summed E-state index contributed by atoms with van der Waals surface area (Å²) in [6.45, 7) is 0. The van der Waals surface area contributed by atoms with E-state index in [1.807, 2.05) is 0 Å². The predicted octanol–water partition coefficient (Wildman–Crippen LogP) is 18.0. The van der Waals surface area contributed by atoms with E-state index in [-0.39, 0.29) is 0 Å². The lowest BCUT2D eigenvalue weighted by Crippen LogP contribution is -2.10. The molecule has 3 heteroatoms. The van der Waals surface area contributed by atoms with E-state index in [0.717, 1.165) is 83.5 Å². The van der Waals surface area contributed by atoms with Crippen LogP contribution in [0.3, 0.4) is 0 Å². The topological polar surface area (TPSA) is 21.3 Å². The third-order valence-electron chi connectivity index (χ3n) is 13.3. The first-order valence-electron chi connectivity index (χ1n) is 22.9. The molecular formula is C64H42N2O. The molecule has 3 nitrogen and oxygen atoms in total. The van der Waals surface area contributed by atoms with Gasteiger partial charge in [-0.05, 0) is 135 Å². The molecule has 314 valence electrons. The molecule has 2 aromatic heterocycles. The van der Waals surface area contributed by atoms with E-state index in [4.69, 9.17) is 4.42 Å². The Morgan fingerprint density at radius 3 is 1.52 bits per heavy atom. The standard InChI is InChI=1S/C64H42N2O/c1-3-15-43(16-4-1)50-37-51(44-17-5-2-6-18-44)41-55(40-50)65(53-22-14-21-48(39-53)49-32-36-63-60(42-49)59-35-31-46-19-7-8-24-56(46)64(59)67-63)52-33-29-45(30-34-52)47-20-13-23-54(38-47)66-61-27-11-9-25-57(61)58-26-10-12-28-62(58)66/h1-42H. The number of anilines is 3. The summed E-state index contributed by atoms with van der Waals surface area (Å²) in [6.07, 6.45) is 0. The van der Waals surface area contributed by atoms with Gasteiger partial charge in [-0.25, -0.2) is 0 Å². The molecule has 0 amide bonds. The number of fused-ring (bicyclic) bond motifs is 8. The number of benzene rings is 11. The molecule has 0 saturated heterocycles. The Balaban J connectivity index is 0.949. The van der Waals surface area contributed by atoms with E-state index in [1.165, 1.54) is 38.3 Å². The summed E-state index contributed by atoms with van der Waals surface area (Å²) in [4.78, 5) is 2.40. The van der Waals surface area contributed by atoms with Crippen molar-refractivity contribution in [2.45, 2.75) is 0 Å². The highest BCUT2D eigenvalue weighted by Crippen LogP contribution is 2.43. The van der Waals surface area contributed by atoms with Crippen LogP contribution >= 0.6 is 0 Å². The van der Waals surface area contributed by atoms with Crippen LogP contribution in [0, 0.1) is 0 Å². The molecule has 13 aromatic rings. The molecule has 0 aliphatic heterocycles. The van der Waals surface area contributed by atoms with Crippen molar-refractivity contribution in [3.05, 3.63) is 255 Å². The van der Waals surface area contributed by atoms with Crippen molar-refractivity contribution in [2.75, 3.05) is 4.90 Å². The zero-order chi connectivity index (χ0) is 44.3. The number of hydrogen-bond acceptors (Lipinski definition) is 2. The minimum Gasteiger partial charge on any atom is -0.455 e. The van der Waals surface area contributed by atoms with Crippen LogP contribution in [0.25, 0.3) is 105 Å². The molecule has 0 spiro atoms. The van der Waals surface area contributed by atoms with Crippen molar-refractivity contribution in [2.24, 2.45) is 0 Å². The van der Waals surface area contributed by atoms with Gasteiger partial charge >= 0.3 is 0 Å². The van der Waals surface area contributed by atoms with E-state index in [2.05, 4.69) is 264 Å². The normalized spacial score (nSPS) is 11.6. The van der Waals surface area contributed by atoms with E-state index < -0.39 is 0 Å². The minimum atomic E-state index is 0.889. The number of hydrogen-bond donors (Lipinski definition) is 0. The molecule has 2 heterocycles. The molecule has 11 aromatic carbocycles. The Hall–Kier alpha value is -8.92. The molecule has 0 saturated carbocycles. The van der Waals surface area contributed by atoms with Crippen LogP contribution < -0.4 is 4.90 Å². The van der Waals surface area contributed by atoms with Crippen molar-refractivity contribution in [3.8, 4) is 50.2 Å². The summed E-state index contributed by atoms with van der Waals surface area (Å²) in [6, 6.07) is 92.0. The maximum atomic E-state index is 6.52. The first kappa shape index (κ1) is 38.5. The largest absolute Gasteiger partial charge is 0.455 e. The quantitative estimate of drug-likeness (QED) is 0.152. The number of rotatable bonds is 8. The van der Waals surface area contributed by atoms with Crippen molar-refractivity contribution in [1.82, 2.24) is 4.57 Å². The lowest BCUT2D eigenvalue weighted by atomic mass is 9.96. The van der Waals surface area contributed by atoms with Gasteiger partial charge in [-0.3, -0.25) is 0 Å². The maximum Gasteiger partial charge on any atom is 0.143 e. The van der Waals surface area contributed by atoms with Crippen molar-refractivity contribution in [3.63, 3.8) is 0 Å². The Bertz CT molecular complexity index is 3860. The molecule has 13 rings (SSSR count). The lowest BCUT2D eigenvalue weighted by Gasteiger charge is -2.27. The fourth-order valence-corrected chi connectivity index (χ4v) is 10.1. The third-order valence-corrected chi connectivity index (χ3v) is 13.3. The Labute approximate surface area is 388 Å². The van der Waals surface area contributed by atoms with Crippen molar-refractivity contribution < 1.29 is 4.42 Å². The fourth-order valence-electron chi connectivity index (χ4n) is 10.1. The van der Waals surface area contributed by atoms with Crippen LogP contribution in [0.2, 0.25) is 0 Å². The molecule has 0 aliphatic rings. The average Bonchev–Trinajstić information content (AvgIpc) is 3.95. The molecule has 67 heavy (non-hydrogen) atoms. The van der Waals surface area contributed by atoms with Crippen LogP contribution in [0.5, 0.6) is 0 Å². The van der Waals surface area contributed by atoms with Crippen LogP contribution in [0.15, 0.2) is 259 Å². The van der Waals surface area contributed by atoms with Gasteiger partial charge in [0.25, 0.3) is 0 Å². The van der Waals surface area contributed by atoms with Crippen LogP contribution in [-0.4, -0.2) is 4.57 Å². The fraction of sp³-hybridized carbons (Fsp3) is 0. The van der Waals surface area contributed by atoms with E-state index in [1.54, 1.807) is 0 Å². The van der Waals surface area contributed by atoms with Gasteiger partial charge in [-0.1, -0.05) is 170 Å².